The number of imide groups is 1. The minimum atomic E-state index is -1.24. The number of nitriles is 1. The Morgan fingerprint density at radius 3 is 2.66 bits per heavy atom. The summed E-state index contributed by atoms with van der Waals surface area (Å²) >= 11 is 6.28. The molecule has 11 heteroatoms. The van der Waals surface area contributed by atoms with E-state index in [1.165, 1.54) is 24.1 Å². The van der Waals surface area contributed by atoms with E-state index in [0.717, 1.165) is 4.90 Å². The number of methoxy groups -OCH3 is 1. The number of nitrogens with one attached hydrogen (secondary N) is 1. The maximum Gasteiger partial charge on any atom is 0.332 e. The highest BCUT2D eigenvalue weighted by Gasteiger charge is 2.63. The molecule has 0 aliphatic carbocycles. The minimum absolute atomic E-state index is 0.189. The molecule has 186 valence electrons. The molecule has 2 bridgehead atoms. The lowest BCUT2D eigenvalue weighted by atomic mass is 9.85. The molecule has 35 heavy (non-hydrogen) atoms. The van der Waals surface area contributed by atoms with Gasteiger partial charge in [-0.25, -0.2) is 19.3 Å². The van der Waals surface area contributed by atoms with Crippen LogP contribution in [-0.4, -0.2) is 71.1 Å². The van der Waals surface area contributed by atoms with Crippen molar-refractivity contribution in [2.75, 3.05) is 18.6 Å². The number of halogens is 1. The number of ether oxygens (including phenoxy) is 1. The van der Waals surface area contributed by atoms with Crippen LogP contribution in [-0.2, 0) is 14.3 Å². The third-order valence-corrected chi connectivity index (χ3v) is 8.31. The number of urea groups is 2. The van der Waals surface area contributed by atoms with Crippen molar-refractivity contribution in [2.45, 2.75) is 64.2 Å². The van der Waals surface area contributed by atoms with E-state index in [-0.39, 0.29) is 29.1 Å². The summed E-state index contributed by atoms with van der Waals surface area (Å²) in [5, 5.41) is 12.2. The van der Waals surface area contributed by atoms with E-state index < -0.39 is 41.6 Å². The van der Waals surface area contributed by atoms with Crippen molar-refractivity contribution in [2.24, 2.45) is 5.92 Å². The predicted molar refractivity (Wildman–Crippen MR) is 127 cm³/mol. The van der Waals surface area contributed by atoms with Crippen molar-refractivity contribution >= 4 is 41.2 Å². The Labute approximate surface area is 208 Å². The maximum atomic E-state index is 13.5. The van der Waals surface area contributed by atoms with Gasteiger partial charge in [-0.2, -0.15) is 5.26 Å². The molecule has 3 aliphatic heterocycles. The molecule has 3 saturated heterocycles. The van der Waals surface area contributed by atoms with Crippen molar-refractivity contribution < 1.29 is 23.9 Å². The summed E-state index contributed by atoms with van der Waals surface area (Å²) in [5.74, 6) is -1.18. The monoisotopic (exact) mass is 501 g/mol. The van der Waals surface area contributed by atoms with Crippen LogP contribution in [0, 0.1) is 24.2 Å². The lowest BCUT2D eigenvalue weighted by Crippen LogP contribution is -2.63. The van der Waals surface area contributed by atoms with Crippen LogP contribution in [0.25, 0.3) is 0 Å². The molecular weight excluding hydrogens is 474 g/mol. The predicted octanol–water partition coefficient (Wildman–Crippen LogP) is 2.80. The van der Waals surface area contributed by atoms with Gasteiger partial charge in [0.25, 0.3) is 5.91 Å². The fourth-order valence-corrected chi connectivity index (χ4v) is 5.61. The number of rotatable bonds is 5. The number of anilines is 1. The highest BCUT2D eigenvalue weighted by molar-refractivity contribution is 6.33. The van der Waals surface area contributed by atoms with E-state index in [9.17, 15) is 24.4 Å². The third kappa shape index (κ3) is 3.52. The maximum absolute atomic E-state index is 13.5. The molecule has 3 fully saturated rings. The van der Waals surface area contributed by atoms with Crippen LogP contribution in [0.15, 0.2) is 12.1 Å². The summed E-state index contributed by atoms with van der Waals surface area (Å²) in [6.07, 6.45) is 1.12. The Morgan fingerprint density at radius 1 is 1.37 bits per heavy atom. The molecule has 1 N–H and O–H groups in total. The molecule has 2 unspecified atom stereocenters. The Kier molecular flexibility index (Phi) is 6.18. The summed E-state index contributed by atoms with van der Waals surface area (Å²) in [6, 6.07) is 2.41. The van der Waals surface area contributed by atoms with Crippen molar-refractivity contribution in [3.05, 3.63) is 28.3 Å². The van der Waals surface area contributed by atoms with Gasteiger partial charge in [0.2, 0.25) is 0 Å². The summed E-state index contributed by atoms with van der Waals surface area (Å²) in [7, 11) is 1.28. The fraction of sp³-hybridized carbons (Fsp3) is 0.542. The van der Waals surface area contributed by atoms with Gasteiger partial charge in [0.15, 0.2) is 0 Å². The fourth-order valence-electron chi connectivity index (χ4n) is 5.41. The number of nitrogens with zero attached hydrogens (tertiary/aromatic N) is 4. The van der Waals surface area contributed by atoms with Gasteiger partial charge in [-0.05, 0) is 43.9 Å². The molecule has 1 aromatic carbocycles. The third-order valence-electron chi connectivity index (χ3n) is 7.82. The summed E-state index contributed by atoms with van der Waals surface area (Å²) in [6.45, 7) is 7.32. The zero-order chi connectivity index (χ0) is 25.8. The number of fused-ring (bicyclic) bond motifs is 5. The second-order valence-electron chi connectivity index (χ2n) is 9.53. The van der Waals surface area contributed by atoms with E-state index in [1.54, 1.807) is 18.7 Å². The van der Waals surface area contributed by atoms with Gasteiger partial charge in [0.05, 0.1) is 35.5 Å². The first-order valence-corrected chi connectivity index (χ1v) is 11.9. The zero-order valence-corrected chi connectivity index (χ0v) is 21.0. The molecule has 3 aliphatic rings. The van der Waals surface area contributed by atoms with E-state index in [4.69, 9.17) is 16.3 Å². The SMILES string of the molecule is CC[C@H](C)[C@](C)(NC(=O)N1CC2CC1[C@H]1C(=O)N(c3ccc(C#N)c(Cl)c3C)C(=O)N21)C(=O)OC. The number of benzene rings is 1. The van der Waals surface area contributed by atoms with Gasteiger partial charge in [0, 0.05) is 6.54 Å². The van der Waals surface area contributed by atoms with E-state index >= 15 is 0 Å². The highest BCUT2D eigenvalue weighted by atomic mass is 35.5. The molecule has 0 radical (unpaired) electrons. The van der Waals surface area contributed by atoms with E-state index in [1.807, 2.05) is 19.9 Å². The lowest BCUT2D eigenvalue weighted by molar-refractivity contribution is -0.149. The highest BCUT2D eigenvalue weighted by Crippen LogP contribution is 2.43. The standard InChI is InChI=1S/C24H28ClN5O5/c1-6-12(2)24(4,21(32)35-5)27-22(33)28-11-15-9-17(28)19-20(31)30(23(34)29(15)19)16-8-7-14(10-26)18(25)13(16)3/h7-8,12,15,17,19H,6,9,11H2,1-5H3,(H,27,33)/t12-,15?,17?,19-,24-/m0/s1. The lowest BCUT2D eigenvalue weighted by Gasteiger charge is -2.39. The average molecular weight is 502 g/mol. The Morgan fingerprint density at radius 2 is 2.06 bits per heavy atom. The van der Waals surface area contributed by atoms with Crippen LogP contribution >= 0.6 is 11.6 Å². The molecule has 0 spiro atoms. The molecule has 5 atom stereocenters. The zero-order valence-electron chi connectivity index (χ0n) is 20.3. The molecule has 10 nitrogen and oxygen atoms in total. The minimum Gasteiger partial charge on any atom is -0.467 e. The van der Waals surface area contributed by atoms with Gasteiger partial charge < -0.3 is 19.9 Å². The quantitative estimate of drug-likeness (QED) is 0.489. The Bertz CT molecular complexity index is 1170. The first kappa shape index (κ1) is 24.8. The van der Waals surface area contributed by atoms with Crippen LogP contribution in [0.4, 0.5) is 15.3 Å². The smallest absolute Gasteiger partial charge is 0.332 e. The van der Waals surface area contributed by atoms with Crippen LogP contribution in [0.5, 0.6) is 0 Å². The second-order valence-corrected chi connectivity index (χ2v) is 9.91. The van der Waals surface area contributed by atoms with Gasteiger partial charge in [0.1, 0.15) is 17.6 Å². The number of esters is 1. The van der Waals surface area contributed by atoms with Crippen molar-refractivity contribution in [3.63, 3.8) is 0 Å². The van der Waals surface area contributed by atoms with Crippen molar-refractivity contribution in [1.29, 1.82) is 5.26 Å². The largest absolute Gasteiger partial charge is 0.467 e. The van der Waals surface area contributed by atoms with Crippen LogP contribution in [0.3, 0.4) is 0 Å². The summed E-state index contributed by atoms with van der Waals surface area (Å²) in [4.78, 5) is 56.8. The summed E-state index contributed by atoms with van der Waals surface area (Å²) < 4.78 is 4.95. The molecule has 0 saturated carbocycles. The summed E-state index contributed by atoms with van der Waals surface area (Å²) in [5.41, 5.74) is -0.202. The molecule has 5 amide bonds. The van der Waals surface area contributed by atoms with E-state index in [0.29, 0.717) is 24.1 Å². The Hall–Kier alpha value is -3.32. The number of likely N-dealkylation sites (tertiary alicyclic amines) is 1. The van der Waals surface area contributed by atoms with Gasteiger partial charge in [-0.1, -0.05) is 31.9 Å². The number of hydrogen-bond acceptors (Lipinski definition) is 6. The topological polar surface area (TPSA) is 123 Å². The molecule has 4 rings (SSSR count). The number of piperazine rings is 1. The average Bonchev–Trinajstić information content (AvgIpc) is 3.51. The normalized spacial score (nSPS) is 25.3. The first-order valence-electron chi connectivity index (χ1n) is 11.5. The molecule has 1 aromatic rings. The Balaban J connectivity index is 1.60. The van der Waals surface area contributed by atoms with Gasteiger partial charge in [-0.3, -0.25) is 4.79 Å². The molecule has 3 heterocycles. The van der Waals surface area contributed by atoms with Crippen molar-refractivity contribution in [1.82, 2.24) is 15.1 Å². The van der Waals surface area contributed by atoms with Crippen LogP contribution in [0.2, 0.25) is 5.02 Å². The van der Waals surface area contributed by atoms with E-state index in [2.05, 4.69) is 5.32 Å². The number of hydrogen-bond donors (Lipinski definition) is 1. The molecule has 0 aromatic heterocycles. The second kappa shape index (κ2) is 8.72. The number of carbonyl (C=O) groups excluding carboxylic acids is 4. The van der Waals surface area contributed by atoms with Gasteiger partial charge in [-0.15, -0.1) is 0 Å². The number of carbonyl (C=O) groups is 4. The van der Waals surface area contributed by atoms with Crippen LogP contribution in [0.1, 0.15) is 44.7 Å². The van der Waals surface area contributed by atoms with Crippen molar-refractivity contribution in [3.8, 4) is 6.07 Å². The first-order chi connectivity index (χ1) is 16.5. The van der Waals surface area contributed by atoms with Crippen LogP contribution < -0.4 is 10.2 Å². The molecular formula is C24H28ClN5O5. The number of amides is 5. The van der Waals surface area contributed by atoms with Gasteiger partial charge >= 0.3 is 18.0 Å².